The zero-order valence-corrected chi connectivity index (χ0v) is 12.1. The molecule has 0 radical (unpaired) electrons. The minimum atomic E-state index is -0.0640. The molecule has 1 aromatic rings. The third-order valence-corrected chi connectivity index (χ3v) is 4.36. The van der Waals surface area contributed by atoms with Crippen LogP contribution in [0.4, 0.5) is 5.69 Å². The predicted molar refractivity (Wildman–Crippen MR) is 75.5 cm³/mol. The van der Waals surface area contributed by atoms with Crippen molar-refractivity contribution in [3.05, 3.63) is 11.4 Å². The number of H-pyrrole nitrogens is 1. The summed E-state index contributed by atoms with van der Waals surface area (Å²) in [5.74, 6) is 0.166. The molecule has 2 fully saturated rings. The number of anilines is 1. The van der Waals surface area contributed by atoms with Gasteiger partial charge in [-0.05, 0) is 25.2 Å². The summed E-state index contributed by atoms with van der Waals surface area (Å²) < 4.78 is 5.74. The Morgan fingerprint density at radius 3 is 3.00 bits per heavy atom. The fourth-order valence-corrected chi connectivity index (χ4v) is 3.28. The summed E-state index contributed by atoms with van der Waals surface area (Å²) in [6, 6.07) is 0.190. The van der Waals surface area contributed by atoms with Crippen LogP contribution in [-0.2, 0) is 4.74 Å². The number of aromatic nitrogens is 2. The number of nitrogens with one attached hydrogen (secondary N) is 1. The van der Waals surface area contributed by atoms with Gasteiger partial charge in [0.25, 0.3) is 5.91 Å². The van der Waals surface area contributed by atoms with Crippen molar-refractivity contribution in [1.82, 2.24) is 15.1 Å². The summed E-state index contributed by atoms with van der Waals surface area (Å²) >= 11 is 0. The molecule has 1 aliphatic heterocycles. The maximum atomic E-state index is 12.7. The first-order valence-corrected chi connectivity index (χ1v) is 7.36. The molecule has 3 N–H and O–H groups in total. The zero-order chi connectivity index (χ0) is 14.3. The summed E-state index contributed by atoms with van der Waals surface area (Å²) in [5, 5.41) is 7.04. The Bertz CT molecular complexity index is 511. The number of carbonyl (C=O) groups excluding carboxylic acids is 1. The first kappa shape index (κ1) is 13.4. The molecule has 6 heteroatoms. The second kappa shape index (κ2) is 5.09. The molecule has 0 bridgehead atoms. The van der Waals surface area contributed by atoms with Gasteiger partial charge in [-0.2, -0.15) is 5.10 Å². The van der Waals surface area contributed by atoms with E-state index in [-0.39, 0.29) is 24.0 Å². The van der Waals surface area contributed by atoms with E-state index in [0.717, 1.165) is 25.0 Å². The third-order valence-electron chi connectivity index (χ3n) is 4.36. The highest BCUT2D eigenvalue weighted by Crippen LogP contribution is 2.31. The predicted octanol–water partition coefficient (Wildman–Crippen LogP) is 1.51. The summed E-state index contributed by atoms with van der Waals surface area (Å²) in [7, 11) is 0. The van der Waals surface area contributed by atoms with Crippen LogP contribution in [-0.4, -0.2) is 46.3 Å². The van der Waals surface area contributed by atoms with Crippen LogP contribution in [0.2, 0.25) is 0 Å². The van der Waals surface area contributed by atoms with Crippen molar-refractivity contribution in [2.24, 2.45) is 0 Å². The smallest absolute Gasteiger partial charge is 0.276 e. The molecule has 0 aromatic carbocycles. The summed E-state index contributed by atoms with van der Waals surface area (Å²) in [6.07, 6.45) is 3.36. The van der Waals surface area contributed by atoms with Gasteiger partial charge in [-0.25, -0.2) is 0 Å². The van der Waals surface area contributed by atoms with Gasteiger partial charge < -0.3 is 15.4 Å². The normalized spacial score (nSPS) is 26.1. The van der Waals surface area contributed by atoms with E-state index in [1.165, 1.54) is 0 Å². The molecular formula is C14H22N4O2. The number of morpholine rings is 1. The van der Waals surface area contributed by atoms with Crippen molar-refractivity contribution in [2.45, 2.75) is 51.2 Å². The number of aromatic amines is 1. The fraction of sp³-hybridized carbons (Fsp3) is 0.714. The van der Waals surface area contributed by atoms with Gasteiger partial charge in [0.15, 0.2) is 5.69 Å². The lowest BCUT2D eigenvalue weighted by Crippen LogP contribution is -2.51. The molecule has 20 heavy (non-hydrogen) atoms. The monoisotopic (exact) mass is 278 g/mol. The molecule has 2 unspecified atom stereocenters. The fourth-order valence-electron chi connectivity index (χ4n) is 3.28. The number of hydrogen-bond acceptors (Lipinski definition) is 4. The molecule has 110 valence electrons. The average Bonchev–Trinajstić information content (AvgIpc) is 3.03. The molecule has 2 atom stereocenters. The number of carbonyl (C=O) groups is 1. The number of nitrogens with two attached hydrogens (primary N) is 1. The van der Waals surface area contributed by atoms with Gasteiger partial charge in [0.1, 0.15) is 0 Å². The molecule has 3 rings (SSSR count). The quantitative estimate of drug-likeness (QED) is 0.858. The van der Waals surface area contributed by atoms with Crippen LogP contribution in [0.25, 0.3) is 0 Å². The summed E-state index contributed by atoms with van der Waals surface area (Å²) in [5.41, 5.74) is 7.77. The molecule has 1 saturated heterocycles. The van der Waals surface area contributed by atoms with Crippen molar-refractivity contribution in [3.8, 4) is 0 Å². The Kier molecular flexibility index (Phi) is 3.41. The number of hydrogen-bond donors (Lipinski definition) is 2. The van der Waals surface area contributed by atoms with E-state index in [1.807, 2.05) is 18.7 Å². The van der Waals surface area contributed by atoms with Crippen LogP contribution in [0.1, 0.15) is 55.2 Å². The van der Waals surface area contributed by atoms with E-state index in [9.17, 15) is 4.79 Å². The lowest BCUT2D eigenvalue weighted by molar-refractivity contribution is -0.0446. The van der Waals surface area contributed by atoms with Crippen LogP contribution < -0.4 is 5.73 Å². The Balaban J connectivity index is 1.85. The van der Waals surface area contributed by atoms with Gasteiger partial charge in [0, 0.05) is 6.54 Å². The van der Waals surface area contributed by atoms with E-state index in [2.05, 4.69) is 10.2 Å². The first-order chi connectivity index (χ1) is 9.59. The van der Waals surface area contributed by atoms with Gasteiger partial charge in [-0.15, -0.1) is 0 Å². The van der Waals surface area contributed by atoms with Crippen molar-refractivity contribution >= 4 is 11.6 Å². The zero-order valence-electron chi connectivity index (χ0n) is 12.1. The highest BCUT2D eigenvalue weighted by Gasteiger charge is 2.39. The number of fused-ring (bicyclic) bond motifs is 1. The summed E-state index contributed by atoms with van der Waals surface area (Å²) in [6.45, 7) is 5.29. The topological polar surface area (TPSA) is 84.2 Å². The van der Waals surface area contributed by atoms with Crippen molar-refractivity contribution in [2.75, 3.05) is 18.9 Å². The second-order valence-electron chi connectivity index (χ2n) is 5.96. The molecule has 1 saturated carbocycles. The van der Waals surface area contributed by atoms with E-state index < -0.39 is 0 Å². The number of amides is 1. The molecule has 2 aliphatic rings. The third kappa shape index (κ3) is 2.08. The lowest BCUT2D eigenvalue weighted by atomic mass is 10.1. The SMILES string of the molecule is CC(C)c1[nH]nc(C(=O)N2CCOC3CCCC32)c1N. The summed E-state index contributed by atoms with van der Waals surface area (Å²) in [4.78, 5) is 14.6. The number of ether oxygens (including phenoxy) is 1. The molecule has 6 nitrogen and oxygen atoms in total. The van der Waals surface area contributed by atoms with Gasteiger partial charge in [-0.3, -0.25) is 9.89 Å². The van der Waals surface area contributed by atoms with E-state index in [0.29, 0.717) is 24.5 Å². The Morgan fingerprint density at radius 1 is 1.50 bits per heavy atom. The van der Waals surface area contributed by atoms with Gasteiger partial charge in [0.05, 0.1) is 30.1 Å². The Labute approximate surface area is 118 Å². The maximum absolute atomic E-state index is 12.7. The number of rotatable bonds is 2. The van der Waals surface area contributed by atoms with Crippen molar-refractivity contribution in [1.29, 1.82) is 0 Å². The minimum Gasteiger partial charge on any atom is -0.395 e. The van der Waals surface area contributed by atoms with Gasteiger partial charge in [-0.1, -0.05) is 13.8 Å². The molecule has 0 spiro atoms. The first-order valence-electron chi connectivity index (χ1n) is 7.36. The molecular weight excluding hydrogens is 256 g/mol. The molecule has 1 aromatic heterocycles. The molecule has 2 heterocycles. The number of nitrogen functional groups attached to an aromatic ring is 1. The Morgan fingerprint density at radius 2 is 2.30 bits per heavy atom. The van der Waals surface area contributed by atoms with Crippen LogP contribution in [0, 0.1) is 0 Å². The van der Waals surface area contributed by atoms with Crippen molar-refractivity contribution in [3.63, 3.8) is 0 Å². The van der Waals surface area contributed by atoms with E-state index in [4.69, 9.17) is 10.5 Å². The van der Waals surface area contributed by atoms with Crippen LogP contribution in [0.5, 0.6) is 0 Å². The number of nitrogens with zero attached hydrogens (tertiary/aromatic N) is 2. The maximum Gasteiger partial charge on any atom is 0.276 e. The second-order valence-corrected chi connectivity index (χ2v) is 5.96. The molecule has 1 aliphatic carbocycles. The molecule has 1 amide bonds. The van der Waals surface area contributed by atoms with E-state index in [1.54, 1.807) is 0 Å². The van der Waals surface area contributed by atoms with Crippen LogP contribution >= 0.6 is 0 Å². The average molecular weight is 278 g/mol. The van der Waals surface area contributed by atoms with Crippen LogP contribution in [0.15, 0.2) is 0 Å². The van der Waals surface area contributed by atoms with E-state index >= 15 is 0 Å². The van der Waals surface area contributed by atoms with Crippen molar-refractivity contribution < 1.29 is 9.53 Å². The highest BCUT2D eigenvalue weighted by molar-refractivity contribution is 5.98. The minimum absolute atomic E-state index is 0.0640. The van der Waals surface area contributed by atoms with Gasteiger partial charge in [0.2, 0.25) is 0 Å². The van der Waals surface area contributed by atoms with Crippen LogP contribution in [0.3, 0.4) is 0 Å². The standard InChI is InChI=1S/C14H22N4O2/c1-8(2)12-11(15)13(17-16-12)14(19)18-6-7-20-10-5-3-4-9(10)18/h8-10H,3-7,15H2,1-2H3,(H,16,17). The highest BCUT2D eigenvalue weighted by atomic mass is 16.5. The van der Waals surface area contributed by atoms with Gasteiger partial charge >= 0.3 is 0 Å². The largest absolute Gasteiger partial charge is 0.395 e. The Hall–Kier alpha value is -1.56. The lowest BCUT2D eigenvalue weighted by Gasteiger charge is -2.37.